The monoisotopic (exact) mass is 450 g/mol. The average molecular weight is 452 g/mol. The molecule has 24 heavy (non-hydrogen) atoms. The number of allylic oxidation sites excluding steroid dienone is 2. The van der Waals surface area contributed by atoms with Crippen LogP contribution in [0.5, 0.6) is 0 Å². The molecule has 0 aromatic heterocycles. The summed E-state index contributed by atoms with van der Waals surface area (Å²) in [5.41, 5.74) is 2.15. The third kappa shape index (κ3) is 4.66. The van der Waals surface area contributed by atoms with Gasteiger partial charge in [0, 0.05) is 8.96 Å². The molecule has 2 aromatic rings. The fourth-order valence-electron chi connectivity index (χ4n) is 1.88. The Bertz CT molecular complexity index is 748. The molecule has 0 heterocycles. The van der Waals surface area contributed by atoms with Crippen LogP contribution in [-0.4, -0.2) is 22.2 Å². The summed E-state index contributed by atoms with van der Waals surface area (Å²) in [6.07, 6.45) is 3.65. The van der Waals surface area contributed by atoms with Crippen LogP contribution in [0, 0.1) is 0 Å². The van der Waals surface area contributed by atoms with Crippen LogP contribution in [0.1, 0.15) is 31.8 Å². The Morgan fingerprint density at radius 1 is 0.625 bits per heavy atom. The van der Waals surface area contributed by atoms with Crippen LogP contribution >= 0.6 is 31.9 Å². The highest BCUT2D eigenvalue weighted by molar-refractivity contribution is 9.15. The van der Waals surface area contributed by atoms with E-state index in [2.05, 4.69) is 31.9 Å². The highest BCUT2D eigenvalue weighted by atomic mass is 79.9. The average Bonchev–Trinajstić information content (AvgIpc) is 2.59. The number of hydrogen-bond donors (Lipinski definition) is 2. The number of aromatic carboxylic acids is 2. The number of carboxylic acids is 2. The number of benzene rings is 2. The van der Waals surface area contributed by atoms with E-state index in [4.69, 9.17) is 10.2 Å². The molecule has 0 saturated carbocycles. The molecule has 0 saturated heterocycles. The maximum absolute atomic E-state index is 10.8. The van der Waals surface area contributed by atoms with E-state index in [1.807, 2.05) is 12.2 Å². The van der Waals surface area contributed by atoms with Gasteiger partial charge in [-0.3, -0.25) is 0 Å². The lowest BCUT2D eigenvalue weighted by Gasteiger charge is -2.02. The summed E-state index contributed by atoms with van der Waals surface area (Å²) in [7, 11) is 0. The fraction of sp³-hybridized carbons (Fsp3) is 0. The maximum Gasteiger partial charge on any atom is 0.335 e. The molecule has 0 aliphatic carbocycles. The zero-order valence-corrected chi connectivity index (χ0v) is 15.4. The maximum atomic E-state index is 10.8. The summed E-state index contributed by atoms with van der Waals surface area (Å²) in [6, 6.07) is 13.0. The van der Waals surface area contributed by atoms with Crippen LogP contribution in [0.3, 0.4) is 0 Å². The highest BCUT2D eigenvalue weighted by Gasteiger charge is 2.04. The van der Waals surface area contributed by atoms with Gasteiger partial charge in [-0.05, 0) is 47.5 Å². The molecule has 0 aliphatic heterocycles. The minimum atomic E-state index is -0.964. The number of carbonyl (C=O) groups is 2. The second kappa shape index (κ2) is 8.08. The molecule has 2 rings (SSSR count). The van der Waals surface area contributed by atoms with Gasteiger partial charge in [0.1, 0.15) is 0 Å². The van der Waals surface area contributed by atoms with Crippen molar-refractivity contribution in [1.29, 1.82) is 0 Å². The Morgan fingerprint density at radius 3 is 1.12 bits per heavy atom. The van der Waals surface area contributed by atoms with Crippen LogP contribution in [0.4, 0.5) is 0 Å². The van der Waals surface area contributed by atoms with E-state index in [9.17, 15) is 9.59 Å². The molecule has 122 valence electrons. The topological polar surface area (TPSA) is 74.6 Å². The molecule has 0 spiro atoms. The van der Waals surface area contributed by atoms with E-state index in [1.165, 1.54) is 24.3 Å². The van der Waals surface area contributed by atoms with Crippen molar-refractivity contribution in [2.24, 2.45) is 0 Å². The largest absolute Gasteiger partial charge is 0.478 e. The first-order chi connectivity index (χ1) is 11.4. The molecule has 0 radical (unpaired) electrons. The van der Waals surface area contributed by atoms with E-state index in [1.54, 1.807) is 24.3 Å². The minimum absolute atomic E-state index is 0.231. The van der Waals surface area contributed by atoms with Gasteiger partial charge in [0.25, 0.3) is 0 Å². The summed E-state index contributed by atoms with van der Waals surface area (Å²) in [5, 5.41) is 17.8. The van der Waals surface area contributed by atoms with Crippen molar-refractivity contribution in [1.82, 2.24) is 0 Å². The summed E-state index contributed by atoms with van der Waals surface area (Å²) in [6.45, 7) is 0. The van der Waals surface area contributed by atoms with Crippen LogP contribution in [0.2, 0.25) is 0 Å². The van der Waals surface area contributed by atoms with Gasteiger partial charge >= 0.3 is 11.9 Å². The van der Waals surface area contributed by atoms with E-state index < -0.39 is 11.9 Å². The van der Waals surface area contributed by atoms with Gasteiger partial charge < -0.3 is 10.2 Å². The van der Waals surface area contributed by atoms with Crippen LogP contribution < -0.4 is 0 Å². The van der Waals surface area contributed by atoms with Crippen molar-refractivity contribution >= 4 is 52.8 Å². The Kier molecular flexibility index (Phi) is 6.11. The molecular formula is C18H12Br2O4. The lowest BCUT2D eigenvalue weighted by atomic mass is 10.1. The summed E-state index contributed by atoms with van der Waals surface area (Å²) < 4.78 is 1.58. The predicted molar refractivity (Wildman–Crippen MR) is 101 cm³/mol. The molecule has 6 heteroatoms. The van der Waals surface area contributed by atoms with E-state index in [-0.39, 0.29) is 11.1 Å². The molecule has 0 fully saturated rings. The Morgan fingerprint density at radius 2 is 0.875 bits per heavy atom. The second-order valence-electron chi connectivity index (χ2n) is 4.79. The van der Waals surface area contributed by atoms with Gasteiger partial charge in [0.15, 0.2) is 0 Å². The van der Waals surface area contributed by atoms with Gasteiger partial charge in [0.2, 0.25) is 0 Å². The zero-order chi connectivity index (χ0) is 17.7. The van der Waals surface area contributed by atoms with Crippen molar-refractivity contribution in [3.05, 3.63) is 82.9 Å². The quantitative estimate of drug-likeness (QED) is 0.608. The smallest absolute Gasteiger partial charge is 0.335 e. The third-order valence-electron chi connectivity index (χ3n) is 3.19. The van der Waals surface area contributed by atoms with E-state index in [0.717, 1.165) is 20.1 Å². The Labute approximate surface area is 155 Å². The first-order valence-electron chi connectivity index (χ1n) is 6.79. The molecule has 2 N–H and O–H groups in total. The molecule has 0 atom stereocenters. The molecule has 0 aliphatic rings. The molecule has 0 unspecified atom stereocenters. The van der Waals surface area contributed by atoms with Gasteiger partial charge in [-0.1, -0.05) is 56.1 Å². The van der Waals surface area contributed by atoms with Crippen molar-refractivity contribution in [2.75, 3.05) is 0 Å². The predicted octanol–water partition coefficient (Wildman–Crippen LogP) is 5.25. The van der Waals surface area contributed by atoms with Crippen molar-refractivity contribution in [3.63, 3.8) is 0 Å². The van der Waals surface area contributed by atoms with Crippen LogP contribution in [0.15, 0.2) is 60.7 Å². The molecule has 2 aromatic carbocycles. The van der Waals surface area contributed by atoms with Crippen LogP contribution in [-0.2, 0) is 0 Å². The minimum Gasteiger partial charge on any atom is -0.478 e. The summed E-state index contributed by atoms with van der Waals surface area (Å²) in [5.74, 6) is -1.93. The van der Waals surface area contributed by atoms with Gasteiger partial charge in [-0.2, -0.15) is 0 Å². The fourth-order valence-corrected chi connectivity index (χ4v) is 2.68. The van der Waals surface area contributed by atoms with Crippen molar-refractivity contribution in [2.45, 2.75) is 0 Å². The molecule has 0 amide bonds. The zero-order valence-electron chi connectivity index (χ0n) is 12.2. The normalized spacial score (nSPS) is 12.1. The van der Waals surface area contributed by atoms with E-state index >= 15 is 0 Å². The highest BCUT2D eigenvalue weighted by Crippen LogP contribution is 2.26. The summed E-state index contributed by atoms with van der Waals surface area (Å²) in [4.78, 5) is 21.7. The number of hydrogen-bond acceptors (Lipinski definition) is 2. The van der Waals surface area contributed by atoms with Crippen molar-refractivity contribution < 1.29 is 19.8 Å². The SMILES string of the molecule is O=C(O)c1ccc(/C(Br)=C\C=C(\Br)c2ccc(C(=O)O)cc2)cc1. The standard InChI is InChI=1S/C18H12Br2O4/c19-15(11-1-5-13(6-2-11)17(21)22)9-10-16(20)12-3-7-14(8-4-12)18(23)24/h1-10H,(H,21,22)(H,23,24)/b15-9+,16-10+. The number of halogens is 2. The molecular weight excluding hydrogens is 440 g/mol. The Hall–Kier alpha value is -2.18. The first kappa shape index (κ1) is 18.2. The molecule has 0 bridgehead atoms. The third-order valence-corrected chi connectivity index (χ3v) is 4.64. The lowest BCUT2D eigenvalue weighted by molar-refractivity contribution is 0.0686. The van der Waals surface area contributed by atoms with Crippen LogP contribution in [0.25, 0.3) is 8.96 Å². The Balaban J connectivity index is 2.18. The molecule has 4 nitrogen and oxygen atoms in total. The van der Waals surface area contributed by atoms with Crippen molar-refractivity contribution in [3.8, 4) is 0 Å². The van der Waals surface area contributed by atoms with Gasteiger partial charge in [-0.15, -0.1) is 0 Å². The van der Waals surface area contributed by atoms with Gasteiger partial charge in [-0.25, -0.2) is 9.59 Å². The number of carboxylic acid groups (broad SMARTS) is 2. The summed E-state index contributed by atoms with van der Waals surface area (Å²) >= 11 is 6.90. The first-order valence-corrected chi connectivity index (χ1v) is 8.37. The van der Waals surface area contributed by atoms with Gasteiger partial charge in [0.05, 0.1) is 11.1 Å². The lowest BCUT2D eigenvalue weighted by Crippen LogP contribution is -1.95. The second-order valence-corrected chi connectivity index (χ2v) is 6.50. The number of rotatable bonds is 5. The van der Waals surface area contributed by atoms with E-state index in [0.29, 0.717) is 0 Å².